The number of hydrogen-bond acceptors (Lipinski definition) is 2. The van der Waals surface area contributed by atoms with Crippen LogP contribution in [0.25, 0.3) is 0 Å². The van der Waals surface area contributed by atoms with Crippen LogP contribution >= 0.6 is 0 Å². The van der Waals surface area contributed by atoms with Gasteiger partial charge in [-0.25, -0.2) is 4.98 Å². The van der Waals surface area contributed by atoms with Crippen molar-refractivity contribution in [1.82, 2.24) is 9.55 Å². The summed E-state index contributed by atoms with van der Waals surface area (Å²) in [5, 5.41) is 10.1. The van der Waals surface area contributed by atoms with E-state index in [0.717, 1.165) is 12.4 Å². The molecule has 1 unspecified atom stereocenters. The lowest BCUT2D eigenvalue weighted by Crippen LogP contribution is -2.17. The number of rotatable bonds is 5. The van der Waals surface area contributed by atoms with Crippen LogP contribution in [0.4, 0.5) is 0 Å². The number of aliphatic hydroxyl groups excluding tert-OH is 1. The Bertz CT molecular complexity index is 487. The Morgan fingerprint density at radius 2 is 1.94 bits per heavy atom. The van der Waals surface area contributed by atoms with Crippen molar-refractivity contribution < 1.29 is 5.11 Å². The van der Waals surface area contributed by atoms with Crippen LogP contribution < -0.4 is 0 Å². The highest BCUT2D eigenvalue weighted by Crippen LogP contribution is 2.09. The minimum atomic E-state index is -0.375. The molecule has 1 heterocycles. The van der Waals surface area contributed by atoms with Gasteiger partial charge in [0.1, 0.15) is 5.82 Å². The predicted molar refractivity (Wildman–Crippen MR) is 72.5 cm³/mol. The molecule has 2 aromatic rings. The maximum Gasteiger partial charge on any atom is 0.111 e. The first-order valence-electron chi connectivity index (χ1n) is 6.42. The van der Waals surface area contributed by atoms with Gasteiger partial charge in [0.2, 0.25) is 0 Å². The van der Waals surface area contributed by atoms with Crippen molar-refractivity contribution in [2.75, 3.05) is 0 Å². The molecule has 0 aliphatic heterocycles. The highest BCUT2D eigenvalue weighted by molar-refractivity contribution is 5.22. The van der Waals surface area contributed by atoms with E-state index in [-0.39, 0.29) is 6.10 Å². The molecular weight excluding hydrogens is 224 g/mol. The standard InChI is InChI=1S/C15H20N2O/c1-3-17-9-8-16-15(17)11-14(18)10-13-6-4-12(2)5-7-13/h4-9,14,18H,3,10-11H2,1-2H3. The van der Waals surface area contributed by atoms with Crippen molar-refractivity contribution in [3.05, 3.63) is 53.6 Å². The van der Waals surface area contributed by atoms with Gasteiger partial charge in [-0.15, -0.1) is 0 Å². The van der Waals surface area contributed by atoms with Crippen molar-refractivity contribution in [2.24, 2.45) is 0 Å². The van der Waals surface area contributed by atoms with Gasteiger partial charge in [0.15, 0.2) is 0 Å². The topological polar surface area (TPSA) is 38.0 Å². The van der Waals surface area contributed by atoms with Crippen LogP contribution in [0, 0.1) is 6.92 Å². The fourth-order valence-electron chi connectivity index (χ4n) is 2.10. The zero-order valence-corrected chi connectivity index (χ0v) is 11.0. The molecule has 0 bridgehead atoms. The van der Waals surface area contributed by atoms with Crippen molar-refractivity contribution in [1.29, 1.82) is 0 Å². The monoisotopic (exact) mass is 244 g/mol. The molecule has 3 heteroatoms. The summed E-state index contributed by atoms with van der Waals surface area (Å²) in [4.78, 5) is 4.29. The van der Waals surface area contributed by atoms with Gasteiger partial charge in [-0.3, -0.25) is 0 Å². The number of aliphatic hydroxyl groups is 1. The number of aromatic nitrogens is 2. The minimum Gasteiger partial charge on any atom is -0.392 e. The molecule has 0 amide bonds. The lowest BCUT2D eigenvalue weighted by molar-refractivity contribution is 0.171. The van der Waals surface area contributed by atoms with Crippen LogP contribution in [0.5, 0.6) is 0 Å². The predicted octanol–water partition coefficient (Wildman–Crippen LogP) is 2.36. The molecule has 0 saturated heterocycles. The van der Waals surface area contributed by atoms with E-state index < -0.39 is 0 Å². The third-order valence-electron chi connectivity index (χ3n) is 3.15. The van der Waals surface area contributed by atoms with Gasteiger partial charge in [-0.1, -0.05) is 29.8 Å². The maximum atomic E-state index is 10.1. The Balaban J connectivity index is 1.96. The van der Waals surface area contributed by atoms with Crippen molar-refractivity contribution in [3.8, 4) is 0 Å². The molecular formula is C15H20N2O. The van der Waals surface area contributed by atoms with E-state index in [1.807, 2.05) is 6.20 Å². The third-order valence-corrected chi connectivity index (χ3v) is 3.15. The first kappa shape index (κ1) is 12.8. The second kappa shape index (κ2) is 5.83. The van der Waals surface area contributed by atoms with E-state index in [9.17, 15) is 5.11 Å². The third kappa shape index (κ3) is 3.20. The van der Waals surface area contributed by atoms with E-state index in [2.05, 4.69) is 47.7 Å². The highest BCUT2D eigenvalue weighted by Gasteiger charge is 2.10. The Hall–Kier alpha value is -1.61. The Morgan fingerprint density at radius 1 is 1.22 bits per heavy atom. The lowest BCUT2D eigenvalue weighted by atomic mass is 10.0. The van der Waals surface area contributed by atoms with Crippen LogP contribution in [-0.4, -0.2) is 20.8 Å². The molecule has 0 aliphatic carbocycles. The van der Waals surface area contributed by atoms with Crippen molar-refractivity contribution in [2.45, 2.75) is 39.3 Å². The molecule has 96 valence electrons. The summed E-state index contributed by atoms with van der Waals surface area (Å²) < 4.78 is 2.07. The van der Waals surface area contributed by atoms with Crippen molar-refractivity contribution in [3.63, 3.8) is 0 Å². The van der Waals surface area contributed by atoms with Crippen LogP contribution in [0.15, 0.2) is 36.7 Å². The van der Waals surface area contributed by atoms with Gasteiger partial charge in [-0.05, 0) is 25.8 Å². The molecule has 0 fully saturated rings. The zero-order chi connectivity index (χ0) is 13.0. The number of imidazole rings is 1. The van der Waals surface area contributed by atoms with Crippen LogP contribution in [0.2, 0.25) is 0 Å². The van der Waals surface area contributed by atoms with Crippen molar-refractivity contribution >= 4 is 0 Å². The molecule has 0 aliphatic rings. The number of benzene rings is 1. The zero-order valence-electron chi connectivity index (χ0n) is 11.0. The van der Waals surface area contributed by atoms with Gasteiger partial charge in [-0.2, -0.15) is 0 Å². The van der Waals surface area contributed by atoms with Crippen LogP contribution in [0.1, 0.15) is 23.9 Å². The lowest BCUT2D eigenvalue weighted by Gasteiger charge is -2.11. The summed E-state index contributed by atoms with van der Waals surface area (Å²) in [6.45, 7) is 5.04. The second-order valence-corrected chi connectivity index (χ2v) is 4.68. The molecule has 0 spiro atoms. The second-order valence-electron chi connectivity index (χ2n) is 4.68. The number of hydrogen-bond donors (Lipinski definition) is 1. The van der Waals surface area contributed by atoms with Gasteiger partial charge < -0.3 is 9.67 Å². The van der Waals surface area contributed by atoms with Crippen LogP contribution in [-0.2, 0) is 19.4 Å². The fraction of sp³-hybridized carbons (Fsp3) is 0.400. The first-order chi connectivity index (χ1) is 8.69. The minimum absolute atomic E-state index is 0.375. The molecule has 1 aromatic heterocycles. The summed E-state index contributed by atoms with van der Waals surface area (Å²) in [6.07, 6.45) is 4.65. The largest absolute Gasteiger partial charge is 0.392 e. The van der Waals surface area contributed by atoms with E-state index >= 15 is 0 Å². The SMILES string of the molecule is CCn1ccnc1CC(O)Cc1ccc(C)cc1. The molecule has 2 rings (SSSR count). The molecule has 1 aromatic carbocycles. The quantitative estimate of drug-likeness (QED) is 0.876. The van der Waals surface area contributed by atoms with Gasteiger partial charge in [0.05, 0.1) is 6.10 Å². The smallest absolute Gasteiger partial charge is 0.111 e. The van der Waals surface area contributed by atoms with E-state index in [1.165, 1.54) is 11.1 Å². The molecule has 0 saturated carbocycles. The average molecular weight is 244 g/mol. The maximum absolute atomic E-state index is 10.1. The molecule has 0 radical (unpaired) electrons. The Morgan fingerprint density at radius 3 is 2.61 bits per heavy atom. The van der Waals surface area contributed by atoms with E-state index in [1.54, 1.807) is 6.20 Å². The summed E-state index contributed by atoms with van der Waals surface area (Å²) in [5.74, 6) is 0.956. The first-order valence-corrected chi connectivity index (χ1v) is 6.42. The summed E-state index contributed by atoms with van der Waals surface area (Å²) >= 11 is 0. The van der Waals surface area contributed by atoms with Gasteiger partial charge in [0.25, 0.3) is 0 Å². The number of aryl methyl sites for hydroxylation is 2. The fourth-order valence-corrected chi connectivity index (χ4v) is 2.10. The summed E-state index contributed by atoms with van der Waals surface area (Å²) in [5.41, 5.74) is 2.41. The Kier molecular flexibility index (Phi) is 4.15. The Labute approximate surface area is 108 Å². The molecule has 18 heavy (non-hydrogen) atoms. The average Bonchev–Trinajstić information content (AvgIpc) is 2.79. The normalized spacial score (nSPS) is 12.6. The van der Waals surface area contributed by atoms with E-state index in [0.29, 0.717) is 12.8 Å². The van der Waals surface area contributed by atoms with Gasteiger partial charge in [0, 0.05) is 25.4 Å². The highest BCUT2D eigenvalue weighted by atomic mass is 16.3. The molecule has 1 N–H and O–H groups in total. The van der Waals surface area contributed by atoms with Crippen LogP contribution in [0.3, 0.4) is 0 Å². The summed E-state index contributed by atoms with van der Waals surface area (Å²) in [6, 6.07) is 8.31. The molecule has 1 atom stereocenters. The van der Waals surface area contributed by atoms with E-state index in [4.69, 9.17) is 0 Å². The summed E-state index contributed by atoms with van der Waals surface area (Å²) in [7, 11) is 0. The molecule has 3 nitrogen and oxygen atoms in total. The number of nitrogens with zero attached hydrogens (tertiary/aromatic N) is 2. The van der Waals surface area contributed by atoms with Gasteiger partial charge >= 0.3 is 0 Å².